The number of rotatable bonds is 4. The molecule has 94 valence electrons. The Hall–Kier alpha value is -1.82. The Labute approximate surface area is 109 Å². The number of ether oxygens (including phenoxy) is 1. The van der Waals surface area contributed by atoms with Crippen molar-refractivity contribution < 1.29 is 9.53 Å². The molecule has 0 aliphatic rings. The molecule has 1 aromatic carbocycles. The maximum atomic E-state index is 11.6. The molecule has 18 heavy (non-hydrogen) atoms. The first-order valence-electron chi connectivity index (χ1n) is 5.38. The minimum atomic E-state index is -0.322. The van der Waals surface area contributed by atoms with Gasteiger partial charge in [0.05, 0.1) is 12.7 Å². The van der Waals surface area contributed by atoms with Crippen LogP contribution in [0.2, 0.25) is 0 Å². The van der Waals surface area contributed by atoms with E-state index in [-0.39, 0.29) is 5.97 Å². The molecule has 5 nitrogen and oxygen atoms in total. The Morgan fingerprint density at radius 2 is 2.22 bits per heavy atom. The third-order valence-electron chi connectivity index (χ3n) is 2.36. The van der Waals surface area contributed by atoms with E-state index in [1.807, 2.05) is 25.1 Å². The molecule has 6 heteroatoms. The molecular formula is C12H13N3O2S. The summed E-state index contributed by atoms with van der Waals surface area (Å²) < 4.78 is 4.75. The Morgan fingerprint density at radius 1 is 1.44 bits per heavy atom. The van der Waals surface area contributed by atoms with E-state index in [9.17, 15) is 4.79 Å². The second-order valence-electron chi connectivity index (χ2n) is 3.64. The van der Waals surface area contributed by atoms with Crippen molar-refractivity contribution in [3.05, 3.63) is 41.2 Å². The number of nitrogens with one attached hydrogen (secondary N) is 1. The van der Waals surface area contributed by atoms with Crippen molar-refractivity contribution in [1.82, 2.24) is 15.2 Å². The number of hydrogen-bond donors (Lipinski definition) is 1. The number of carbonyl (C=O) groups excluding carboxylic acids is 1. The lowest BCUT2D eigenvalue weighted by atomic mass is 10.1. The lowest BCUT2D eigenvalue weighted by Crippen LogP contribution is -2.04. The fourth-order valence-electron chi connectivity index (χ4n) is 1.48. The number of aromatic nitrogens is 3. The van der Waals surface area contributed by atoms with Gasteiger partial charge in [0, 0.05) is 5.75 Å². The number of esters is 1. The molecule has 0 bridgehead atoms. The minimum Gasteiger partial charge on any atom is -0.465 e. The third-order valence-corrected chi connectivity index (χ3v) is 3.25. The smallest absolute Gasteiger partial charge is 0.338 e. The maximum Gasteiger partial charge on any atom is 0.338 e. The Morgan fingerprint density at radius 3 is 2.89 bits per heavy atom. The summed E-state index contributed by atoms with van der Waals surface area (Å²) in [6, 6.07) is 7.37. The van der Waals surface area contributed by atoms with E-state index in [2.05, 4.69) is 15.2 Å². The van der Waals surface area contributed by atoms with Crippen molar-refractivity contribution in [1.29, 1.82) is 0 Å². The minimum absolute atomic E-state index is 0.322. The van der Waals surface area contributed by atoms with Crippen LogP contribution in [0.3, 0.4) is 0 Å². The van der Waals surface area contributed by atoms with Crippen LogP contribution in [0.25, 0.3) is 0 Å². The molecular weight excluding hydrogens is 250 g/mol. The molecule has 1 aromatic heterocycles. The van der Waals surface area contributed by atoms with Crippen LogP contribution in [-0.2, 0) is 10.5 Å². The van der Waals surface area contributed by atoms with E-state index in [0.717, 1.165) is 11.4 Å². The molecule has 0 aliphatic heterocycles. The highest BCUT2D eigenvalue weighted by atomic mass is 32.2. The van der Waals surface area contributed by atoms with Crippen molar-refractivity contribution in [2.45, 2.75) is 17.8 Å². The molecule has 0 radical (unpaired) electrons. The second kappa shape index (κ2) is 5.68. The van der Waals surface area contributed by atoms with E-state index >= 15 is 0 Å². The van der Waals surface area contributed by atoms with E-state index < -0.39 is 0 Å². The number of hydrogen-bond acceptors (Lipinski definition) is 5. The van der Waals surface area contributed by atoms with E-state index in [4.69, 9.17) is 4.74 Å². The van der Waals surface area contributed by atoms with Crippen molar-refractivity contribution in [3.63, 3.8) is 0 Å². The monoisotopic (exact) mass is 263 g/mol. The van der Waals surface area contributed by atoms with Crippen LogP contribution in [0.15, 0.2) is 29.4 Å². The van der Waals surface area contributed by atoms with Crippen LogP contribution in [-0.4, -0.2) is 28.3 Å². The molecule has 0 amide bonds. The highest BCUT2D eigenvalue weighted by Gasteiger charge is 2.11. The molecule has 0 saturated carbocycles. The number of aryl methyl sites for hydroxylation is 1. The highest BCUT2D eigenvalue weighted by molar-refractivity contribution is 7.98. The number of thioether (sulfide) groups is 1. The van der Waals surface area contributed by atoms with Crippen LogP contribution in [0.4, 0.5) is 0 Å². The van der Waals surface area contributed by atoms with Gasteiger partial charge >= 0.3 is 5.97 Å². The summed E-state index contributed by atoms with van der Waals surface area (Å²) in [4.78, 5) is 15.8. The summed E-state index contributed by atoms with van der Waals surface area (Å²) in [5.41, 5.74) is 1.50. The van der Waals surface area contributed by atoms with Gasteiger partial charge in [-0.1, -0.05) is 30.0 Å². The number of aromatic amines is 1. The van der Waals surface area contributed by atoms with Gasteiger partial charge in [-0.25, -0.2) is 9.78 Å². The summed E-state index contributed by atoms with van der Waals surface area (Å²) >= 11 is 1.48. The Kier molecular flexibility index (Phi) is 3.99. The lowest BCUT2D eigenvalue weighted by Gasteiger charge is -2.05. The molecule has 1 heterocycles. The van der Waals surface area contributed by atoms with Gasteiger partial charge < -0.3 is 4.74 Å². The number of carbonyl (C=O) groups is 1. The topological polar surface area (TPSA) is 67.9 Å². The van der Waals surface area contributed by atoms with Crippen molar-refractivity contribution >= 4 is 17.7 Å². The molecule has 1 N–H and O–H groups in total. The fraction of sp³-hybridized carbons (Fsp3) is 0.250. The van der Waals surface area contributed by atoms with E-state index in [0.29, 0.717) is 16.5 Å². The summed E-state index contributed by atoms with van der Waals surface area (Å²) in [5, 5.41) is 7.49. The zero-order valence-electron chi connectivity index (χ0n) is 10.1. The summed E-state index contributed by atoms with van der Waals surface area (Å²) in [7, 11) is 1.38. The van der Waals surface area contributed by atoms with Gasteiger partial charge in [0.2, 0.25) is 5.16 Å². The van der Waals surface area contributed by atoms with Crippen molar-refractivity contribution in [2.75, 3.05) is 7.11 Å². The quantitative estimate of drug-likeness (QED) is 0.676. The number of methoxy groups -OCH3 is 1. The van der Waals surface area contributed by atoms with Gasteiger partial charge in [0.15, 0.2) is 0 Å². The molecule has 2 aromatic rings. The molecule has 0 unspecified atom stereocenters. The van der Waals surface area contributed by atoms with Gasteiger partial charge in [0.1, 0.15) is 5.82 Å². The SMILES string of the molecule is COC(=O)c1ccccc1CSc1n[nH]c(C)n1. The normalized spacial score (nSPS) is 10.3. The highest BCUT2D eigenvalue weighted by Crippen LogP contribution is 2.21. The third kappa shape index (κ3) is 2.89. The Bertz CT molecular complexity index is 554. The van der Waals surface area contributed by atoms with E-state index in [1.165, 1.54) is 18.9 Å². The van der Waals surface area contributed by atoms with Crippen molar-refractivity contribution in [2.24, 2.45) is 0 Å². The molecule has 0 aliphatic carbocycles. The van der Waals surface area contributed by atoms with Crippen LogP contribution in [0.1, 0.15) is 21.7 Å². The first-order valence-corrected chi connectivity index (χ1v) is 6.37. The lowest BCUT2D eigenvalue weighted by molar-refractivity contribution is 0.0600. The van der Waals surface area contributed by atoms with Gasteiger partial charge in [-0.3, -0.25) is 5.10 Å². The van der Waals surface area contributed by atoms with Gasteiger partial charge in [-0.2, -0.15) is 0 Å². The average molecular weight is 263 g/mol. The molecule has 0 saturated heterocycles. The first-order chi connectivity index (χ1) is 8.70. The van der Waals surface area contributed by atoms with Gasteiger partial charge in [0.25, 0.3) is 0 Å². The zero-order chi connectivity index (χ0) is 13.0. The fourth-order valence-corrected chi connectivity index (χ4v) is 2.33. The predicted octanol–water partition coefficient (Wildman–Crippen LogP) is 2.19. The molecule has 2 rings (SSSR count). The van der Waals surface area contributed by atoms with Crippen LogP contribution in [0, 0.1) is 6.92 Å². The molecule has 0 fully saturated rings. The summed E-state index contributed by atoms with van der Waals surface area (Å²) in [6.07, 6.45) is 0. The zero-order valence-corrected chi connectivity index (χ0v) is 11.0. The number of nitrogens with zero attached hydrogens (tertiary/aromatic N) is 2. The average Bonchev–Trinajstić information content (AvgIpc) is 2.81. The van der Waals surface area contributed by atoms with E-state index in [1.54, 1.807) is 6.07 Å². The second-order valence-corrected chi connectivity index (χ2v) is 4.58. The summed E-state index contributed by atoms with van der Waals surface area (Å²) in [5.74, 6) is 1.08. The van der Waals surface area contributed by atoms with Crippen LogP contribution >= 0.6 is 11.8 Å². The van der Waals surface area contributed by atoms with Crippen molar-refractivity contribution in [3.8, 4) is 0 Å². The standard InChI is InChI=1S/C12H13N3O2S/c1-8-13-12(15-14-8)18-7-9-5-3-4-6-10(9)11(16)17-2/h3-6H,7H2,1-2H3,(H,13,14,15). The first kappa shape index (κ1) is 12.6. The predicted molar refractivity (Wildman–Crippen MR) is 68.5 cm³/mol. The summed E-state index contributed by atoms with van der Waals surface area (Å²) in [6.45, 7) is 1.85. The maximum absolute atomic E-state index is 11.6. The van der Waals surface area contributed by atoms with Gasteiger partial charge in [-0.15, -0.1) is 5.10 Å². The van der Waals surface area contributed by atoms with Crippen LogP contribution in [0.5, 0.6) is 0 Å². The Balaban J connectivity index is 2.11. The van der Waals surface area contributed by atoms with Crippen LogP contribution < -0.4 is 0 Å². The number of benzene rings is 1. The number of H-pyrrole nitrogens is 1. The molecule has 0 atom stereocenters. The van der Waals surface area contributed by atoms with Gasteiger partial charge in [-0.05, 0) is 18.6 Å². The largest absolute Gasteiger partial charge is 0.465 e. The molecule has 0 spiro atoms.